The first kappa shape index (κ1) is 19.0. The Hall–Kier alpha value is -2.29. The third-order valence-electron chi connectivity index (χ3n) is 3.27. The number of rotatable bonds is 7. The van der Waals surface area contributed by atoms with E-state index < -0.39 is 0 Å². The van der Waals surface area contributed by atoms with Crippen LogP contribution in [0, 0.1) is 3.57 Å². The van der Waals surface area contributed by atoms with Crippen molar-refractivity contribution in [2.75, 3.05) is 20.8 Å². The van der Waals surface area contributed by atoms with E-state index in [9.17, 15) is 4.79 Å². The Balaban J connectivity index is 2.14. The Morgan fingerprint density at radius 1 is 1.20 bits per heavy atom. The van der Waals surface area contributed by atoms with Crippen LogP contribution in [0.2, 0.25) is 0 Å². The van der Waals surface area contributed by atoms with Crippen molar-refractivity contribution >= 4 is 34.7 Å². The first-order valence-electron chi connectivity index (χ1n) is 7.57. The summed E-state index contributed by atoms with van der Waals surface area (Å²) in [6.07, 6.45) is 1.55. The Morgan fingerprint density at radius 2 is 1.92 bits per heavy atom. The van der Waals surface area contributed by atoms with Crippen LogP contribution >= 0.6 is 22.6 Å². The molecule has 0 saturated carbocycles. The molecule has 6 nitrogen and oxygen atoms in total. The third kappa shape index (κ3) is 4.85. The largest absolute Gasteiger partial charge is 0.496 e. The van der Waals surface area contributed by atoms with Gasteiger partial charge in [0.2, 0.25) is 0 Å². The molecule has 2 aromatic carbocycles. The van der Waals surface area contributed by atoms with Crippen molar-refractivity contribution in [1.29, 1.82) is 0 Å². The van der Waals surface area contributed by atoms with Crippen LogP contribution in [-0.4, -0.2) is 32.9 Å². The summed E-state index contributed by atoms with van der Waals surface area (Å²) in [6.45, 7) is 2.47. The lowest BCUT2D eigenvalue weighted by Gasteiger charge is -2.12. The van der Waals surface area contributed by atoms with E-state index in [1.165, 1.54) is 7.11 Å². The van der Waals surface area contributed by atoms with Crippen molar-refractivity contribution < 1.29 is 19.0 Å². The van der Waals surface area contributed by atoms with Crippen LogP contribution in [0.15, 0.2) is 41.5 Å². The number of hydrogen-bond donors (Lipinski definition) is 1. The topological polar surface area (TPSA) is 69.2 Å². The standard InChI is InChI=1S/C18H19IN2O4/c1-4-25-17-14(19)9-12(10-16(17)24-3)11-20-21-18(22)13-7-5-6-8-15(13)23-2/h5-11H,4H2,1-3H3,(H,21,22)/b20-11+. The first-order chi connectivity index (χ1) is 12.1. The van der Waals surface area contributed by atoms with E-state index in [1.807, 2.05) is 13.0 Å². The molecule has 2 aromatic rings. The zero-order valence-electron chi connectivity index (χ0n) is 14.2. The molecule has 0 aromatic heterocycles. The second-order valence-corrected chi connectivity index (χ2v) is 6.03. The number of nitrogens with zero attached hydrogens (tertiary/aromatic N) is 1. The van der Waals surface area contributed by atoms with Gasteiger partial charge < -0.3 is 14.2 Å². The lowest BCUT2D eigenvalue weighted by atomic mass is 10.2. The molecule has 2 rings (SSSR count). The summed E-state index contributed by atoms with van der Waals surface area (Å²) >= 11 is 2.17. The lowest BCUT2D eigenvalue weighted by molar-refractivity contribution is 0.0952. The molecule has 0 radical (unpaired) electrons. The number of carbonyl (C=O) groups excluding carboxylic acids is 1. The molecule has 0 aliphatic heterocycles. The van der Waals surface area contributed by atoms with E-state index in [0.29, 0.717) is 29.4 Å². The quantitative estimate of drug-likeness (QED) is 0.395. The summed E-state index contributed by atoms with van der Waals surface area (Å²) in [5.74, 6) is 1.46. The molecule has 25 heavy (non-hydrogen) atoms. The predicted octanol–water partition coefficient (Wildman–Crippen LogP) is 3.47. The molecule has 0 saturated heterocycles. The molecule has 0 aliphatic carbocycles. The molecule has 0 unspecified atom stereocenters. The summed E-state index contributed by atoms with van der Waals surface area (Å²) in [7, 11) is 3.10. The maximum atomic E-state index is 12.2. The number of para-hydroxylation sites is 1. The smallest absolute Gasteiger partial charge is 0.275 e. The molecule has 7 heteroatoms. The number of carbonyl (C=O) groups is 1. The normalized spacial score (nSPS) is 10.6. The van der Waals surface area contributed by atoms with Gasteiger partial charge in [-0.15, -0.1) is 0 Å². The van der Waals surface area contributed by atoms with Crippen molar-refractivity contribution in [2.45, 2.75) is 6.92 Å². The molecule has 0 spiro atoms. The molecular formula is C18H19IN2O4. The number of hydrogen-bond acceptors (Lipinski definition) is 5. The second-order valence-electron chi connectivity index (χ2n) is 4.87. The van der Waals surface area contributed by atoms with Gasteiger partial charge in [0.1, 0.15) is 5.75 Å². The summed E-state index contributed by atoms with van der Waals surface area (Å²) in [6, 6.07) is 10.7. The molecular weight excluding hydrogens is 435 g/mol. The molecule has 1 amide bonds. The number of methoxy groups -OCH3 is 2. The van der Waals surface area contributed by atoms with E-state index in [0.717, 1.165) is 9.13 Å². The summed E-state index contributed by atoms with van der Waals surface area (Å²) in [4.78, 5) is 12.2. The van der Waals surface area contributed by atoms with Gasteiger partial charge in [0.25, 0.3) is 5.91 Å². The molecule has 0 atom stereocenters. The fraction of sp³-hybridized carbons (Fsp3) is 0.222. The van der Waals surface area contributed by atoms with Crippen LogP contribution in [-0.2, 0) is 0 Å². The zero-order chi connectivity index (χ0) is 18.2. The number of nitrogens with one attached hydrogen (secondary N) is 1. The van der Waals surface area contributed by atoms with Crippen LogP contribution in [0.25, 0.3) is 0 Å². The highest BCUT2D eigenvalue weighted by molar-refractivity contribution is 14.1. The predicted molar refractivity (Wildman–Crippen MR) is 105 cm³/mol. The monoisotopic (exact) mass is 454 g/mol. The fourth-order valence-corrected chi connectivity index (χ4v) is 2.94. The number of ether oxygens (including phenoxy) is 3. The van der Waals surface area contributed by atoms with Gasteiger partial charge in [-0.2, -0.15) is 5.10 Å². The number of amides is 1. The number of hydrazone groups is 1. The minimum Gasteiger partial charge on any atom is -0.496 e. The van der Waals surface area contributed by atoms with Crippen molar-refractivity contribution in [1.82, 2.24) is 5.43 Å². The van der Waals surface area contributed by atoms with Gasteiger partial charge in [0.05, 0.1) is 36.2 Å². The van der Waals surface area contributed by atoms with Crippen LogP contribution in [0.1, 0.15) is 22.8 Å². The van der Waals surface area contributed by atoms with Crippen LogP contribution in [0.5, 0.6) is 17.2 Å². The highest BCUT2D eigenvalue weighted by Crippen LogP contribution is 2.33. The van der Waals surface area contributed by atoms with Gasteiger partial charge >= 0.3 is 0 Å². The van der Waals surface area contributed by atoms with Crippen LogP contribution < -0.4 is 19.6 Å². The SMILES string of the molecule is CCOc1c(I)cc(/C=N/NC(=O)c2ccccc2OC)cc1OC. The van der Waals surface area contributed by atoms with Crippen molar-refractivity contribution in [3.63, 3.8) is 0 Å². The molecule has 132 valence electrons. The summed E-state index contributed by atoms with van der Waals surface area (Å²) < 4.78 is 17.0. The Kier molecular flexibility index (Phi) is 7.05. The molecule has 1 N–H and O–H groups in total. The average Bonchev–Trinajstić information content (AvgIpc) is 2.63. The van der Waals surface area contributed by atoms with Gasteiger partial charge in [-0.05, 0) is 59.3 Å². The highest BCUT2D eigenvalue weighted by atomic mass is 127. The number of benzene rings is 2. The third-order valence-corrected chi connectivity index (χ3v) is 4.07. The fourth-order valence-electron chi connectivity index (χ4n) is 2.16. The van der Waals surface area contributed by atoms with E-state index in [2.05, 4.69) is 33.1 Å². The number of halogens is 1. The van der Waals surface area contributed by atoms with Crippen LogP contribution in [0.4, 0.5) is 0 Å². The highest BCUT2D eigenvalue weighted by Gasteiger charge is 2.12. The first-order valence-corrected chi connectivity index (χ1v) is 8.65. The summed E-state index contributed by atoms with van der Waals surface area (Å²) in [5.41, 5.74) is 3.69. The minimum atomic E-state index is -0.346. The van der Waals surface area contributed by atoms with Gasteiger partial charge in [0, 0.05) is 0 Å². The van der Waals surface area contributed by atoms with Crippen molar-refractivity contribution in [3.8, 4) is 17.2 Å². The maximum absolute atomic E-state index is 12.2. The van der Waals surface area contributed by atoms with Gasteiger partial charge in [-0.1, -0.05) is 12.1 Å². The summed E-state index contributed by atoms with van der Waals surface area (Å²) in [5, 5.41) is 4.01. The molecule has 0 aliphatic rings. The maximum Gasteiger partial charge on any atom is 0.275 e. The van der Waals surface area contributed by atoms with Gasteiger partial charge in [0.15, 0.2) is 11.5 Å². The average molecular weight is 454 g/mol. The molecule has 0 heterocycles. The van der Waals surface area contributed by atoms with Crippen molar-refractivity contribution in [2.24, 2.45) is 5.10 Å². The molecule has 0 bridgehead atoms. The lowest BCUT2D eigenvalue weighted by Crippen LogP contribution is -2.18. The van der Waals surface area contributed by atoms with Gasteiger partial charge in [-0.25, -0.2) is 5.43 Å². The Labute approximate surface area is 160 Å². The van der Waals surface area contributed by atoms with E-state index >= 15 is 0 Å². The van der Waals surface area contributed by atoms with E-state index in [4.69, 9.17) is 14.2 Å². The Morgan fingerprint density at radius 3 is 2.60 bits per heavy atom. The molecule has 0 fully saturated rings. The van der Waals surface area contributed by atoms with Gasteiger partial charge in [-0.3, -0.25) is 4.79 Å². The minimum absolute atomic E-state index is 0.346. The zero-order valence-corrected chi connectivity index (χ0v) is 16.4. The van der Waals surface area contributed by atoms with Crippen molar-refractivity contribution in [3.05, 3.63) is 51.1 Å². The Bertz CT molecular complexity index is 778. The second kappa shape index (κ2) is 9.26. The van der Waals surface area contributed by atoms with E-state index in [1.54, 1.807) is 43.7 Å². The van der Waals surface area contributed by atoms with E-state index in [-0.39, 0.29) is 5.91 Å². The van der Waals surface area contributed by atoms with Crippen LogP contribution in [0.3, 0.4) is 0 Å².